The first-order valence-corrected chi connectivity index (χ1v) is 11.9. The molecular weight excluding hydrogens is 414 g/mol. The molecule has 0 aromatic heterocycles. The Kier molecular flexibility index (Phi) is 6.19. The van der Waals surface area contributed by atoms with E-state index in [0.717, 1.165) is 39.3 Å². The van der Waals surface area contributed by atoms with Crippen LogP contribution in [0, 0.1) is 0 Å². The van der Waals surface area contributed by atoms with Gasteiger partial charge in [-0.2, -0.15) is 0 Å². The third kappa shape index (κ3) is 4.40. The first kappa shape index (κ1) is 22.1. The van der Waals surface area contributed by atoms with E-state index in [-0.39, 0.29) is 18.0 Å². The van der Waals surface area contributed by atoms with Crippen molar-refractivity contribution in [1.82, 2.24) is 24.9 Å². The number of nitrogens with zero attached hydrogens (tertiary/aromatic N) is 4. The van der Waals surface area contributed by atoms with Crippen LogP contribution in [0.25, 0.3) is 0 Å². The van der Waals surface area contributed by atoms with Crippen LogP contribution >= 0.6 is 0 Å². The van der Waals surface area contributed by atoms with Crippen molar-refractivity contribution < 1.29 is 9.59 Å². The molecule has 33 heavy (non-hydrogen) atoms. The third-order valence-corrected chi connectivity index (χ3v) is 7.43. The minimum absolute atomic E-state index is 0.0468. The van der Waals surface area contributed by atoms with Gasteiger partial charge < -0.3 is 10.2 Å². The predicted molar refractivity (Wildman–Crippen MR) is 128 cm³/mol. The smallest absolute Gasteiger partial charge is 0.323 e. The van der Waals surface area contributed by atoms with E-state index in [1.165, 1.54) is 16.0 Å². The molecule has 1 spiro atoms. The molecule has 0 unspecified atom stereocenters. The monoisotopic (exact) mass is 447 g/mol. The number of likely N-dealkylation sites (tertiary alicyclic amines) is 1. The Balaban J connectivity index is 1.24. The molecule has 3 fully saturated rings. The Morgan fingerprint density at radius 1 is 0.818 bits per heavy atom. The van der Waals surface area contributed by atoms with Gasteiger partial charge in [-0.15, -0.1) is 0 Å². The average Bonchev–Trinajstić information content (AvgIpc) is 3.08. The van der Waals surface area contributed by atoms with Crippen molar-refractivity contribution in [3.63, 3.8) is 0 Å². The molecule has 0 atom stereocenters. The van der Waals surface area contributed by atoms with Crippen molar-refractivity contribution in [3.05, 3.63) is 71.8 Å². The van der Waals surface area contributed by atoms with Crippen LogP contribution in [0.3, 0.4) is 0 Å². The Morgan fingerprint density at radius 3 is 1.91 bits per heavy atom. The second-order valence-electron chi connectivity index (χ2n) is 9.57. The maximum atomic E-state index is 13.2. The van der Waals surface area contributed by atoms with Gasteiger partial charge in [-0.05, 0) is 31.0 Å². The molecule has 3 aliphatic heterocycles. The second kappa shape index (κ2) is 9.25. The molecule has 0 bridgehead atoms. The highest BCUT2D eigenvalue weighted by Gasteiger charge is 2.52. The summed E-state index contributed by atoms with van der Waals surface area (Å²) >= 11 is 0. The Hall–Kier alpha value is -2.74. The van der Waals surface area contributed by atoms with Crippen molar-refractivity contribution in [2.45, 2.75) is 24.4 Å². The number of urea groups is 1. The minimum atomic E-state index is -0.697. The van der Waals surface area contributed by atoms with Crippen molar-refractivity contribution in [2.75, 3.05) is 53.0 Å². The lowest BCUT2D eigenvalue weighted by molar-refractivity contribution is -0.134. The zero-order valence-corrected chi connectivity index (χ0v) is 19.3. The van der Waals surface area contributed by atoms with Gasteiger partial charge in [-0.1, -0.05) is 60.7 Å². The molecule has 174 valence electrons. The molecule has 3 aliphatic rings. The zero-order valence-electron chi connectivity index (χ0n) is 19.3. The van der Waals surface area contributed by atoms with Gasteiger partial charge >= 0.3 is 6.03 Å². The fraction of sp³-hybridized carbons (Fsp3) is 0.462. The molecule has 5 rings (SSSR count). The molecule has 1 N–H and O–H groups in total. The molecule has 0 saturated carbocycles. The largest absolute Gasteiger partial charge is 0.326 e. The molecule has 7 heteroatoms. The van der Waals surface area contributed by atoms with E-state index in [9.17, 15) is 9.59 Å². The maximum Gasteiger partial charge on any atom is 0.326 e. The lowest BCUT2D eigenvalue weighted by Gasteiger charge is -2.40. The van der Waals surface area contributed by atoms with Gasteiger partial charge in [0, 0.05) is 39.3 Å². The van der Waals surface area contributed by atoms with Crippen molar-refractivity contribution in [1.29, 1.82) is 0 Å². The van der Waals surface area contributed by atoms with E-state index in [1.54, 1.807) is 0 Å². The fourth-order valence-corrected chi connectivity index (χ4v) is 5.39. The van der Waals surface area contributed by atoms with Crippen LogP contribution in [0.2, 0.25) is 0 Å². The summed E-state index contributed by atoms with van der Waals surface area (Å²) in [5.41, 5.74) is 1.88. The molecule has 3 amide bonds. The predicted octanol–water partition coefficient (Wildman–Crippen LogP) is 2.37. The van der Waals surface area contributed by atoms with Crippen LogP contribution in [0.5, 0.6) is 0 Å². The van der Waals surface area contributed by atoms with E-state index >= 15 is 0 Å². The van der Waals surface area contributed by atoms with Gasteiger partial charge in [0.05, 0.1) is 12.7 Å². The zero-order chi connectivity index (χ0) is 22.8. The van der Waals surface area contributed by atoms with Gasteiger partial charge in [-0.25, -0.2) is 9.69 Å². The molecule has 7 nitrogen and oxygen atoms in total. The number of benzene rings is 2. The lowest BCUT2D eigenvalue weighted by Crippen LogP contribution is -2.55. The molecule has 2 aromatic rings. The molecular formula is C26H33N5O2. The standard InChI is InChI=1S/C26H33N5O2/c1-28-14-12-26(13-15-28)24(32)31(25(33)27-26)20-29-16-18-30(19-17-29)23(21-8-4-2-5-9-21)22-10-6-3-7-11-22/h2-11,23H,12-20H2,1H3,(H,27,33). The highest BCUT2D eigenvalue weighted by Crippen LogP contribution is 2.31. The summed E-state index contributed by atoms with van der Waals surface area (Å²) in [6, 6.07) is 21.2. The number of carbonyl (C=O) groups is 2. The summed E-state index contributed by atoms with van der Waals surface area (Å²) in [4.78, 5) is 34.3. The average molecular weight is 448 g/mol. The maximum absolute atomic E-state index is 13.2. The second-order valence-corrected chi connectivity index (χ2v) is 9.57. The summed E-state index contributed by atoms with van der Waals surface area (Å²) in [5.74, 6) is -0.0468. The van der Waals surface area contributed by atoms with Crippen LogP contribution in [0.15, 0.2) is 60.7 Å². The van der Waals surface area contributed by atoms with Crippen LogP contribution < -0.4 is 5.32 Å². The van der Waals surface area contributed by atoms with Gasteiger partial charge in [0.25, 0.3) is 5.91 Å². The topological polar surface area (TPSA) is 59.1 Å². The quantitative estimate of drug-likeness (QED) is 0.714. The number of nitrogens with one attached hydrogen (secondary N) is 1. The summed E-state index contributed by atoms with van der Waals surface area (Å²) in [6.07, 6.45) is 1.38. The number of piperazine rings is 1. The molecule has 3 heterocycles. The van der Waals surface area contributed by atoms with E-state index in [2.05, 4.69) is 87.7 Å². The van der Waals surface area contributed by atoms with E-state index < -0.39 is 5.54 Å². The number of carbonyl (C=O) groups excluding carboxylic acids is 2. The molecule has 2 aromatic carbocycles. The van der Waals surface area contributed by atoms with Crippen LogP contribution in [0.1, 0.15) is 30.0 Å². The molecule has 0 aliphatic carbocycles. The van der Waals surface area contributed by atoms with E-state index in [0.29, 0.717) is 19.5 Å². The van der Waals surface area contributed by atoms with Crippen molar-refractivity contribution >= 4 is 11.9 Å². The van der Waals surface area contributed by atoms with Crippen LogP contribution in [0.4, 0.5) is 4.79 Å². The molecule has 0 radical (unpaired) electrons. The minimum Gasteiger partial charge on any atom is -0.323 e. The van der Waals surface area contributed by atoms with Gasteiger partial charge in [0.15, 0.2) is 0 Å². The Bertz CT molecular complexity index is 927. The normalized spacial score (nSPS) is 22.3. The number of hydrogen-bond acceptors (Lipinski definition) is 5. The third-order valence-electron chi connectivity index (χ3n) is 7.43. The number of hydrogen-bond donors (Lipinski definition) is 1. The van der Waals surface area contributed by atoms with Crippen molar-refractivity contribution in [2.24, 2.45) is 0 Å². The number of imide groups is 1. The number of rotatable bonds is 5. The van der Waals surface area contributed by atoms with Gasteiger partial charge in [-0.3, -0.25) is 14.6 Å². The Labute approximate surface area is 195 Å². The summed E-state index contributed by atoms with van der Waals surface area (Å²) in [7, 11) is 2.06. The SMILES string of the molecule is CN1CCC2(CC1)NC(=O)N(CN1CCN(C(c3ccccc3)c3ccccc3)CC1)C2=O. The molecule has 3 saturated heterocycles. The van der Waals surface area contributed by atoms with Crippen LogP contribution in [-0.4, -0.2) is 90.1 Å². The van der Waals surface area contributed by atoms with Gasteiger partial charge in [0.1, 0.15) is 5.54 Å². The van der Waals surface area contributed by atoms with Crippen LogP contribution in [-0.2, 0) is 4.79 Å². The van der Waals surface area contributed by atoms with Crippen molar-refractivity contribution in [3.8, 4) is 0 Å². The van der Waals surface area contributed by atoms with E-state index in [1.807, 2.05) is 0 Å². The number of piperidine rings is 1. The summed E-state index contributed by atoms with van der Waals surface area (Å²) in [6.45, 7) is 5.45. The highest BCUT2D eigenvalue weighted by atomic mass is 16.2. The summed E-state index contributed by atoms with van der Waals surface area (Å²) in [5, 5.41) is 3.02. The lowest BCUT2D eigenvalue weighted by atomic mass is 9.88. The number of amides is 3. The Morgan fingerprint density at radius 2 is 1.36 bits per heavy atom. The van der Waals surface area contributed by atoms with Gasteiger partial charge in [0.2, 0.25) is 0 Å². The van der Waals surface area contributed by atoms with E-state index in [4.69, 9.17) is 0 Å². The first-order valence-electron chi connectivity index (χ1n) is 11.9. The highest BCUT2D eigenvalue weighted by molar-refractivity contribution is 6.07. The first-order chi connectivity index (χ1) is 16.1. The fourth-order valence-electron chi connectivity index (χ4n) is 5.39. The summed E-state index contributed by atoms with van der Waals surface area (Å²) < 4.78 is 0.